The molecule has 2 rings (SSSR count). The van der Waals surface area contributed by atoms with E-state index in [4.69, 9.17) is 16.7 Å². The highest BCUT2D eigenvalue weighted by Crippen LogP contribution is 2.23. The van der Waals surface area contributed by atoms with Crippen molar-refractivity contribution < 1.29 is 19.1 Å². The maximum atomic E-state index is 14.1. The van der Waals surface area contributed by atoms with Gasteiger partial charge in [-0.05, 0) is 36.4 Å². The first-order valence-electron chi connectivity index (χ1n) is 5.42. The lowest BCUT2D eigenvalue weighted by atomic mass is 10.0. The molecule has 0 saturated carbocycles. The average molecular weight is 358 g/mol. The van der Waals surface area contributed by atoms with Crippen LogP contribution in [0.1, 0.15) is 26.3 Å². The monoisotopic (exact) mass is 356 g/mol. The van der Waals surface area contributed by atoms with Gasteiger partial charge < -0.3 is 5.11 Å². The van der Waals surface area contributed by atoms with Crippen LogP contribution in [0.5, 0.6) is 0 Å². The number of rotatable bonds is 3. The van der Waals surface area contributed by atoms with E-state index in [0.29, 0.717) is 9.50 Å². The number of benzene rings is 2. The molecule has 0 unspecified atom stereocenters. The van der Waals surface area contributed by atoms with Gasteiger partial charge >= 0.3 is 5.97 Å². The van der Waals surface area contributed by atoms with Gasteiger partial charge in [0.2, 0.25) is 0 Å². The second-order valence-electron chi connectivity index (χ2n) is 3.96. The molecule has 0 atom stereocenters. The number of aromatic carboxylic acids is 1. The number of carboxylic acid groups (broad SMARTS) is 1. The van der Waals surface area contributed by atoms with Crippen molar-refractivity contribution in [3.63, 3.8) is 0 Å². The molecule has 0 amide bonds. The van der Waals surface area contributed by atoms with Gasteiger partial charge in [-0.2, -0.15) is 0 Å². The van der Waals surface area contributed by atoms with Crippen molar-refractivity contribution >= 4 is 39.3 Å². The second kappa shape index (κ2) is 5.73. The summed E-state index contributed by atoms with van der Waals surface area (Å²) < 4.78 is 14.4. The minimum absolute atomic E-state index is 0.225. The summed E-state index contributed by atoms with van der Waals surface area (Å²) in [4.78, 5) is 23.1. The lowest BCUT2D eigenvalue weighted by Crippen LogP contribution is -2.10. The fourth-order valence-corrected chi connectivity index (χ4v) is 2.25. The number of halogens is 3. The summed E-state index contributed by atoms with van der Waals surface area (Å²) in [5.41, 5.74) is -0.640. The molecule has 3 nitrogen and oxygen atoms in total. The molecule has 2 aromatic rings. The van der Waals surface area contributed by atoms with Gasteiger partial charge in [-0.3, -0.25) is 4.79 Å². The average Bonchev–Trinajstić information content (AvgIpc) is 2.41. The van der Waals surface area contributed by atoms with Gasteiger partial charge in [0.15, 0.2) is 5.78 Å². The molecule has 0 aliphatic heterocycles. The number of hydrogen-bond acceptors (Lipinski definition) is 2. The first-order chi connectivity index (χ1) is 9.40. The van der Waals surface area contributed by atoms with Crippen molar-refractivity contribution in [1.29, 1.82) is 0 Å². The van der Waals surface area contributed by atoms with Crippen molar-refractivity contribution in [2.45, 2.75) is 0 Å². The van der Waals surface area contributed by atoms with E-state index in [-0.39, 0.29) is 11.1 Å². The van der Waals surface area contributed by atoms with Gasteiger partial charge in [-0.1, -0.05) is 27.5 Å². The Kier molecular flexibility index (Phi) is 4.20. The molecule has 0 aliphatic rings. The quantitative estimate of drug-likeness (QED) is 0.839. The van der Waals surface area contributed by atoms with E-state index >= 15 is 0 Å². The van der Waals surface area contributed by atoms with Crippen LogP contribution in [-0.4, -0.2) is 16.9 Å². The maximum Gasteiger partial charge on any atom is 0.338 e. The molecule has 0 fully saturated rings. The van der Waals surface area contributed by atoms with E-state index in [1.54, 1.807) is 0 Å². The fraction of sp³-hybridized carbons (Fsp3) is 0. The van der Waals surface area contributed by atoms with Crippen LogP contribution in [0.3, 0.4) is 0 Å². The second-order valence-corrected chi connectivity index (χ2v) is 5.31. The molecule has 102 valence electrons. The Balaban J connectivity index is 2.55. The largest absolute Gasteiger partial charge is 0.478 e. The zero-order valence-corrected chi connectivity index (χ0v) is 12.2. The summed E-state index contributed by atoms with van der Waals surface area (Å²) in [5, 5.41) is 9.36. The van der Waals surface area contributed by atoms with Crippen LogP contribution in [0.15, 0.2) is 40.9 Å². The molecule has 0 radical (unpaired) electrons. The minimum Gasteiger partial charge on any atom is -0.478 e. The number of carboxylic acids is 1. The van der Waals surface area contributed by atoms with E-state index in [9.17, 15) is 14.0 Å². The first-order valence-corrected chi connectivity index (χ1v) is 6.60. The molecule has 2 aromatic carbocycles. The van der Waals surface area contributed by atoms with Crippen molar-refractivity contribution in [1.82, 2.24) is 0 Å². The van der Waals surface area contributed by atoms with Crippen LogP contribution in [0, 0.1) is 5.82 Å². The van der Waals surface area contributed by atoms with E-state index in [1.807, 2.05) is 0 Å². The van der Waals surface area contributed by atoms with E-state index in [0.717, 1.165) is 6.07 Å². The number of carbonyl (C=O) groups is 2. The molecule has 20 heavy (non-hydrogen) atoms. The van der Waals surface area contributed by atoms with Crippen LogP contribution in [-0.2, 0) is 0 Å². The molecule has 6 heteroatoms. The number of hydrogen-bond donors (Lipinski definition) is 1. The van der Waals surface area contributed by atoms with Crippen LogP contribution in [0.25, 0.3) is 0 Å². The third-order valence-electron chi connectivity index (χ3n) is 2.62. The zero-order chi connectivity index (χ0) is 14.9. The SMILES string of the molecule is O=C(O)c1cc(Br)cc(C(=O)c2ccc(Cl)cc2)c1F. The molecule has 0 aliphatic carbocycles. The summed E-state index contributed by atoms with van der Waals surface area (Å²) in [7, 11) is 0. The summed E-state index contributed by atoms with van der Waals surface area (Å²) in [5.74, 6) is -3.10. The molecular weight excluding hydrogens is 351 g/mol. The van der Waals surface area contributed by atoms with Crippen molar-refractivity contribution in [2.24, 2.45) is 0 Å². The molecule has 0 heterocycles. The van der Waals surface area contributed by atoms with Gasteiger partial charge in [-0.15, -0.1) is 0 Å². The summed E-state index contributed by atoms with van der Waals surface area (Å²) >= 11 is 8.78. The third kappa shape index (κ3) is 2.89. The Morgan fingerprint density at radius 2 is 1.65 bits per heavy atom. The highest BCUT2D eigenvalue weighted by molar-refractivity contribution is 9.10. The first kappa shape index (κ1) is 14.7. The lowest BCUT2D eigenvalue weighted by Gasteiger charge is -2.06. The van der Waals surface area contributed by atoms with Gasteiger partial charge in [-0.25, -0.2) is 9.18 Å². The molecule has 1 N–H and O–H groups in total. The predicted molar refractivity (Wildman–Crippen MR) is 75.9 cm³/mol. The van der Waals surface area contributed by atoms with Gasteiger partial charge in [0.25, 0.3) is 0 Å². The van der Waals surface area contributed by atoms with Crippen LogP contribution >= 0.6 is 27.5 Å². The molecule has 0 saturated heterocycles. The smallest absolute Gasteiger partial charge is 0.338 e. The summed E-state index contributed by atoms with van der Waals surface area (Å²) in [6, 6.07) is 8.26. The lowest BCUT2D eigenvalue weighted by molar-refractivity contribution is 0.0691. The van der Waals surface area contributed by atoms with Crippen LogP contribution in [0.2, 0.25) is 5.02 Å². The molecule has 0 aromatic heterocycles. The third-order valence-corrected chi connectivity index (χ3v) is 3.33. The van der Waals surface area contributed by atoms with Gasteiger partial charge in [0, 0.05) is 15.1 Å². The standard InChI is InChI=1S/C14H7BrClFO3/c15-8-5-10(12(17)11(6-8)14(19)20)13(18)7-1-3-9(16)4-2-7/h1-6H,(H,19,20). The Hall–Kier alpha value is -1.72. The van der Waals surface area contributed by atoms with Crippen LogP contribution < -0.4 is 0 Å². The van der Waals surface area contributed by atoms with Gasteiger partial charge in [0.05, 0.1) is 11.1 Å². The van der Waals surface area contributed by atoms with E-state index in [1.165, 1.54) is 30.3 Å². The molecular formula is C14H7BrClFO3. The minimum atomic E-state index is -1.44. The maximum absolute atomic E-state index is 14.1. The van der Waals surface area contributed by atoms with Crippen LogP contribution in [0.4, 0.5) is 4.39 Å². The Bertz CT molecular complexity index is 698. The van der Waals surface area contributed by atoms with Gasteiger partial charge in [0.1, 0.15) is 5.82 Å². The fourth-order valence-electron chi connectivity index (χ4n) is 1.67. The Morgan fingerprint density at radius 1 is 1.10 bits per heavy atom. The topological polar surface area (TPSA) is 54.4 Å². The predicted octanol–water partition coefficient (Wildman–Crippen LogP) is 4.17. The Labute approximate surface area is 127 Å². The summed E-state index contributed by atoms with van der Waals surface area (Å²) in [6.45, 7) is 0. The summed E-state index contributed by atoms with van der Waals surface area (Å²) in [6.07, 6.45) is 0. The number of carbonyl (C=O) groups excluding carboxylic acids is 1. The normalized spacial score (nSPS) is 10.3. The molecule has 0 spiro atoms. The highest BCUT2D eigenvalue weighted by atomic mass is 79.9. The van der Waals surface area contributed by atoms with Crippen molar-refractivity contribution in [3.8, 4) is 0 Å². The highest BCUT2D eigenvalue weighted by Gasteiger charge is 2.21. The van der Waals surface area contributed by atoms with E-state index < -0.39 is 23.1 Å². The van der Waals surface area contributed by atoms with Crippen molar-refractivity contribution in [2.75, 3.05) is 0 Å². The number of ketones is 1. The molecule has 0 bridgehead atoms. The Morgan fingerprint density at radius 3 is 2.20 bits per heavy atom. The van der Waals surface area contributed by atoms with E-state index in [2.05, 4.69) is 15.9 Å². The zero-order valence-electron chi connectivity index (χ0n) is 9.86. The van der Waals surface area contributed by atoms with Crippen molar-refractivity contribution in [3.05, 3.63) is 68.4 Å².